The Morgan fingerprint density at radius 1 is 1.06 bits per heavy atom. The van der Waals surface area contributed by atoms with Gasteiger partial charge < -0.3 is 19.5 Å². The number of aryl methyl sites for hydroxylation is 1. The number of amides is 1. The standard InChI is InChI=1S/C28H26N2O6/c1-4-36-28(34)19-10-8-18(9-11-19)16-30-24(21-7-5-6-14-29-21)23(26(32)27(30)33)25(31)20-12-13-22(35-3)17(2)15-20/h5-15,24,31H,4,16H2,1-3H3/b25-23-. The van der Waals surface area contributed by atoms with E-state index in [0.29, 0.717) is 28.1 Å². The van der Waals surface area contributed by atoms with Gasteiger partial charge in [0.25, 0.3) is 11.7 Å². The molecule has 1 saturated heterocycles. The lowest BCUT2D eigenvalue weighted by Crippen LogP contribution is -2.29. The summed E-state index contributed by atoms with van der Waals surface area (Å²) >= 11 is 0. The van der Waals surface area contributed by atoms with Gasteiger partial charge in [0, 0.05) is 18.3 Å². The van der Waals surface area contributed by atoms with Crippen LogP contribution in [0, 0.1) is 6.92 Å². The molecule has 8 nitrogen and oxygen atoms in total. The Labute approximate surface area is 208 Å². The molecule has 0 saturated carbocycles. The van der Waals surface area contributed by atoms with E-state index in [1.165, 1.54) is 4.90 Å². The smallest absolute Gasteiger partial charge is 0.338 e. The number of benzene rings is 2. The van der Waals surface area contributed by atoms with Gasteiger partial charge in [0.1, 0.15) is 17.6 Å². The first-order chi connectivity index (χ1) is 17.3. The summed E-state index contributed by atoms with van der Waals surface area (Å²) in [5.41, 5.74) is 2.67. The van der Waals surface area contributed by atoms with Crippen LogP contribution in [0.1, 0.15) is 45.7 Å². The molecular formula is C28H26N2O6. The maximum Gasteiger partial charge on any atom is 0.338 e. The molecular weight excluding hydrogens is 460 g/mol. The molecule has 2 aromatic carbocycles. The van der Waals surface area contributed by atoms with Gasteiger partial charge in [-0.1, -0.05) is 18.2 Å². The maximum atomic E-state index is 13.2. The number of ether oxygens (including phenoxy) is 2. The molecule has 0 radical (unpaired) electrons. The molecule has 36 heavy (non-hydrogen) atoms. The van der Waals surface area contributed by atoms with Gasteiger partial charge in [0.2, 0.25) is 0 Å². The topological polar surface area (TPSA) is 106 Å². The average Bonchev–Trinajstić information content (AvgIpc) is 3.14. The summed E-state index contributed by atoms with van der Waals surface area (Å²) < 4.78 is 10.3. The Morgan fingerprint density at radius 2 is 1.78 bits per heavy atom. The second-order valence-electron chi connectivity index (χ2n) is 8.28. The molecule has 1 atom stereocenters. The molecule has 1 fully saturated rings. The zero-order valence-electron chi connectivity index (χ0n) is 20.2. The Morgan fingerprint density at radius 3 is 2.39 bits per heavy atom. The van der Waals surface area contributed by atoms with Gasteiger partial charge >= 0.3 is 5.97 Å². The molecule has 0 aliphatic carbocycles. The Hall–Kier alpha value is -4.46. The first-order valence-corrected chi connectivity index (χ1v) is 11.5. The van der Waals surface area contributed by atoms with Crippen LogP contribution in [0.4, 0.5) is 0 Å². The number of hydrogen-bond donors (Lipinski definition) is 1. The van der Waals surface area contributed by atoms with E-state index in [4.69, 9.17) is 9.47 Å². The summed E-state index contributed by atoms with van der Waals surface area (Å²) in [5.74, 6) is -1.62. The average molecular weight is 487 g/mol. The number of ketones is 1. The van der Waals surface area contributed by atoms with Crippen molar-refractivity contribution in [1.29, 1.82) is 0 Å². The number of pyridine rings is 1. The number of carbonyl (C=O) groups is 3. The van der Waals surface area contributed by atoms with Crippen LogP contribution in [0.2, 0.25) is 0 Å². The molecule has 184 valence electrons. The maximum absolute atomic E-state index is 13.2. The number of nitrogens with zero attached hydrogens (tertiary/aromatic N) is 2. The molecule has 1 aromatic heterocycles. The van der Waals surface area contributed by atoms with Gasteiger partial charge in [-0.05, 0) is 67.4 Å². The summed E-state index contributed by atoms with van der Waals surface area (Å²) in [7, 11) is 1.55. The van der Waals surface area contributed by atoms with Crippen molar-refractivity contribution < 1.29 is 29.0 Å². The van der Waals surface area contributed by atoms with Gasteiger partial charge in [-0.2, -0.15) is 0 Å². The van der Waals surface area contributed by atoms with Crippen molar-refractivity contribution in [2.75, 3.05) is 13.7 Å². The number of rotatable bonds is 7. The number of hydrogen-bond acceptors (Lipinski definition) is 7. The van der Waals surface area contributed by atoms with Crippen LogP contribution < -0.4 is 4.74 Å². The highest BCUT2D eigenvalue weighted by Crippen LogP contribution is 2.40. The number of aliphatic hydroxyl groups is 1. The third kappa shape index (κ3) is 4.70. The molecule has 1 N–H and O–H groups in total. The number of esters is 1. The molecule has 3 aromatic rings. The van der Waals surface area contributed by atoms with Crippen molar-refractivity contribution in [2.24, 2.45) is 0 Å². The van der Waals surface area contributed by atoms with Crippen molar-refractivity contribution in [1.82, 2.24) is 9.88 Å². The minimum Gasteiger partial charge on any atom is -0.507 e. The van der Waals surface area contributed by atoms with Gasteiger partial charge in [0.15, 0.2) is 0 Å². The second-order valence-corrected chi connectivity index (χ2v) is 8.28. The molecule has 8 heteroatoms. The zero-order chi connectivity index (χ0) is 25.8. The number of aromatic nitrogens is 1. The van der Waals surface area contributed by atoms with E-state index in [2.05, 4.69) is 4.98 Å². The highest BCUT2D eigenvalue weighted by atomic mass is 16.5. The lowest BCUT2D eigenvalue weighted by Gasteiger charge is -2.24. The van der Waals surface area contributed by atoms with Crippen LogP contribution in [-0.2, 0) is 20.9 Å². The summed E-state index contributed by atoms with van der Waals surface area (Å²) in [4.78, 5) is 44.1. The van der Waals surface area contributed by atoms with E-state index >= 15 is 0 Å². The normalized spacial score (nSPS) is 16.8. The highest BCUT2D eigenvalue weighted by Gasteiger charge is 2.46. The van der Waals surface area contributed by atoms with Crippen LogP contribution in [0.5, 0.6) is 5.75 Å². The van der Waals surface area contributed by atoms with Crippen molar-refractivity contribution >= 4 is 23.4 Å². The van der Waals surface area contributed by atoms with E-state index in [-0.39, 0.29) is 24.5 Å². The van der Waals surface area contributed by atoms with Crippen molar-refractivity contribution in [3.63, 3.8) is 0 Å². The summed E-state index contributed by atoms with van der Waals surface area (Å²) in [6, 6.07) is 16.0. The summed E-state index contributed by atoms with van der Waals surface area (Å²) in [6.07, 6.45) is 1.57. The van der Waals surface area contributed by atoms with Crippen molar-refractivity contribution in [2.45, 2.75) is 26.4 Å². The summed E-state index contributed by atoms with van der Waals surface area (Å²) in [5, 5.41) is 11.2. The first-order valence-electron chi connectivity index (χ1n) is 11.5. The fraction of sp³-hybridized carbons (Fsp3) is 0.214. The van der Waals surface area contributed by atoms with Crippen molar-refractivity contribution in [3.05, 3.63) is 100 Å². The summed E-state index contributed by atoms with van der Waals surface area (Å²) in [6.45, 7) is 3.90. The van der Waals surface area contributed by atoms with Crippen molar-refractivity contribution in [3.8, 4) is 5.75 Å². The number of Topliss-reactive ketones (excluding diaryl/α,β-unsaturated/α-hetero) is 1. The number of methoxy groups -OCH3 is 1. The quantitative estimate of drug-likeness (QED) is 0.231. The Bertz CT molecular complexity index is 1330. The van der Waals surface area contributed by atoms with Gasteiger partial charge in [-0.15, -0.1) is 0 Å². The van der Waals surface area contributed by atoms with Gasteiger partial charge in [0.05, 0.1) is 30.5 Å². The Kier molecular flexibility index (Phi) is 7.15. The fourth-order valence-electron chi connectivity index (χ4n) is 4.23. The van der Waals surface area contributed by atoms with Gasteiger partial charge in [-0.25, -0.2) is 4.79 Å². The predicted octanol–water partition coefficient (Wildman–Crippen LogP) is 4.20. The highest BCUT2D eigenvalue weighted by molar-refractivity contribution is 6.46. The lowest BCUT2D eigenvalue weighted by atomic mass is 9.97. The second kappa shape index (κ2) is 10.4. The Balaban J connectivity index is 1.75. The van der Waals surface area contributed by atoms with E-state index in [1.807, 2.05) is 6.92 Å². The molecule has 0 bridgehead atoms. The first kappa shape index (κ1) is 24.7. The molecule has 2 heterocycles. The number of likely N-dealkylation sites (tertiary alicyclic amines) is 1. The minimum absolute atomic E-state index is 0.0357. The molecule has 1 aliphatic heterocycles. The molecule has 1 amide bonds. The van der Waals surface area contributed by atoms with E-state index in [9.17, 15) is 19.5 Å². The van der Waals surface area contributed by atoms with Crippen LogP contribution >= 0.6 is 0 Å². The lowest BCUT2D eigenvalue weighted by molar-refractivity contribution is -0.140. The molecule has 1 unspecified atom stereocenters. The number of aliphatic hydroxyl groups excluding tert-OH is 1. The minimum atomic E-state index is -0.890. The largest absolute Gasteiger partial charge is 0.507 e. The van der Waals surface area contributed by atoms with Gasteiger partial charge in [-0.3, -0.25) is 14.6 Å². The van der Waals surface area contributed by atoms with E-state index in [0.717, 1.165) is 5.56 Å². The molecule has 0 spiro atoms. The SMILES string of the molecule is CCOC(=O)c1ccc(CN2C(=O)C(=O)/C(=C(\O)c3ccc(OC)c(C)c3)C2c2ccccn2)cc1. The third-order valence-corrected chi connectivity index (χ3v) is 5.99. The van der Waals surface area contributed by atoms with Crippen LogP contribution in [0.15, 0.2) is 72.4 Å². The van der Waals surface area contributed by atoms with E-state index in [1.54, 1.807) is 80.9 Å². The van der Waals surface area contributed by atoms with Crippen LogP contribution in [-0.4, -0.2) is 46.4 Å². The zero-order valence-corrected chi connectivity index (χ0v) is 20.2. The van der Waals surface area contributed by atoms with Crippen LogP contribution in [0.3, 0.4) is 0 Å². The number of carbonyl (C=O) groups excluding carboxylic acids is 3. The fourth-order valence-corrected chi connectivity index (χ4v) is 4.23. The van der Waals surface area contributed by atoms with E-state index < -0.39 is 23.7 Å². The predicted molar refractivity (Wildman–Crippen MR) is 132 cm³/mol. The third-order valence-electron chi connectivity index (χ3n) is 5.99. The monoisotopic (exact) mass is 486 g/mol. The molecule has 1 aliphatic rings. The van der Waals surface area contributed by atoms with Crippen LogP contribution in [0.25, 0.3) is 5.76 Å². The molecule has 4 rings (SSSR count).